The monoisotopic (exact) mass is 386 g/mol. The Morgan fingerprint density at radius 2 is 1.70 bits per heavy atom. The van der Waals surface area contributed by atoms with Gasteiger partial charge in [-0.3, -0.25) is 0 Å². The predicted octanol–water partition coefficient (Wildman–Crippen LogP) is 5.16. The molecule has 0 radical (unpaired) electrons. The maximum atomic E-state index is 10.2. The summed E-state index contributed by atoms with van der Waals surface area (Å²) in [7, 11) is 0. The molecule has 1 aliphatic rings. The molecule has 0 saturated heterocycles. The minimum atomic E-state index is -0.0169. The fraction of sp³-hybridized carbons (Fsp3) is 0.500. The molecule has 2 aromatic rings. The molecule has 3 rings (SSSR count). The maximum Gasteiger partial charge on any atom is 0.0471 e. The second-order valence-corrected chi connectivity index (χ2v) is 9.50. The third kappa shape index (κ3) is 3.81. The van der Waals surface area contributed by atoms with Crippen molar-refractivity contribution in [3.8, 4) is 0 Å². The predicted molar refractivity (Wildman–Crippen MR) is 113 cm³/mol. The van der Waals surface area contributed by atoms with Crippen molar-refractivity contribution in [2.45, 2.75) is 52.4 Å². The molecule has 146 valence electrons. The van der Waals surface area contributed by atoms with Gasteiger partial charge in [-0.15, -0.1) is 0 Å². The lowest BCUT2D eigenvalue weighted by atomic mass is 9.66. The number of hydrogen-bond acceptors (Lipinski definition) is 2. The molecule has 1 aliphatic carbocycles. The standard InChI is InChI=1S/C24H31ClO2/c1-14-6-7-16(10-21(14)24(3,4)5)23-19-11-22(25)15(2)8-17(19)9-18(12-26)20(23)13-27/h6-8,10-11,18,20,23,26-27H,9,12-13H2,1-5H3/t18-,20-,23?/m1/s1. The van der Waals surface area contributed by atoms with Crippen LogP contribution in [0.25, 0.3) is 0 Å². The minimum Gasteiger partial charge on any atom is -0.396 e. The van der Waals surface area contributed by atoms with Gasteiger partial charge in [-0.1, -0.05) is 56.6 Å². The van der Waals surface area contributed by atoms with Crippen LogP contribution < -0.4 is 0 Å². The highest BCUT2D eigenvalue weighted by atomic mass is 35.5. The lowest BCUT2D eigenvalue weighted by Crippen LogP contribution is -2.35. The first-order chi connectivity index (χ1) is 12.7. The van der Waals surface area contributed by atoms with Crippen molar-refractivity contribution in [1.29, 1.82) is 0 Å². The smallest absolute Gasteiger partial charge is 0.0471 e. The van der Waals surface area contributed by atoms with Crippen LogP contribution >= 0.6 is 11.6 Å². The molecule has 2 nitrogen and oxygen atoms in total. The fourth-order valence-electron chi connectivity index (χ4n) is 4.68. The van der Waals surface area contributed by atoms with Gasteiger partial charge >= 0.3 is 0 Å². The van der Waals surface area contributed by atoms with Gasteiger partial charge in [-0.2, -0.15) is 0 Å². The van der Waals surface area contributed by atoms with Crippen LogP contribution in [0.2, 0.25) is 5.02 Å². The van der Waals surface area contributed by atoms with E-state index in [4.69, 9.17) is 11.6 Å². The first kappa shape index (κ1) is 20.4. The van der Waals surface area contributed by atoms with Crippen molar-refractivity contribution in [3.63, 3.8) is 0 Å². The zero-order valence-corrected chi connectivity index (χ0v) is 17.8. The Bertz CT molecular complexity index is 835. The van der Waals surface area contributed by atoms with Crippen LogP contribution in [0.4, 0.5) is 0 Å². The first-order valence-electron chi connectivity index (χ1n) is 9.79. The van der Waals surface area contributed by atoms with Crippen LogP contribution in [-0.4, -0.2) is 23.4 Å². The summed E-state index contributed by atoms with van der Waals surface area (Å²) in [6.07, 6.45) is 0.781. The van der Waals surface area contributed by atoms with E-state index in [9.17, 15) is 10.2 Å². The van der Waals surface area contributed by atoms with Crippen molar-refractivity contribution in [2.75, 3.05) is 13.2 Å². The number of aliphatic hydroxyl groups excluding tert-OH is 2. The molecule has 0 heterocycles. The Morgan fingerprint density at radius 1 is 1.00 bits per heavy atom. The van der Waals surface area contributed by atoms with E-state index in [0.717, 1.165) is 17.0 Å². The van der Waals surface area contributed by atoms with Gasteiger partial charge in [0.1, 0.15) is 0 Å². The summed E-state index contributed by atoms with van der Waals surface area (Å²) in [6.45, 7) is 11.0. The van der Waals surface area contributed by atoms with Gasteiger partial charge in [0.25, 0.3) is 0 Å². The molecule has 0 amide bonds. The van der Waals surface area contributed by atoms with E-state index in [1.165, 1.54) is 27.8 Å². The molecule has 0 bridgehead atoms. The van der Waals surface area contributed by atoms with Crippen LogP contribution in [-0.2, 0) is 11.8 Å². The van der Waals surface area contributed by atoms with Crippen LogP contribution in [0.3, 0.4) is 0 Å². The Hall–Kier alpha value is -1.35. The zero-order chi connectivity index (χ0) is 19.9. The third-order valence-corrected chi connectivity index (χ3v) is 6.55. The summed E-state index contributed by atoms with van der Waals surface area (Å²) >= 11 is 6.48. The first-order valence-corrected chi connectivity index (χ1v) is 10.2. The van der Waals surface area contributed by atoms with Crippen LogP contribution in [0.15, 0.2) is 30.3 Å². The van der Waals surface area contributed by atoms with Crippen LogP contribution in [0.1, 0.15) is 60.1 Å². The second-order valence-electron chi connectivity index (χ2n) is 9.10. The number of aliphatic hydroxyl groups is 2. The van der Waals surface area contributed by atoms with E-state index in [0.29, 0.717) is 0 Å². The van der Waals surface area contributed by atoms with E-state index in [2.05, 4.69) is 58.0 Å². The summed E-state index contributed by atoms with van der Waals surface area (Å²) in [4.78, 5) is 0. The molecule has 3 atom stereocenters. The number of benzene rings is 2. The number of fused-ring (bicyclic) bond motifs is 1. The summed E-state index contributed by atoms with van der Waals surface area (Å²) in [5.74, 6) is 0.0694. The normalized spacial score (nSPS) is 22.6. The van der Waals surface area contributed by atoms with Gasteiger partial charge < -0.3 is 10.2 Å². The fourth-order valence-corrected chi connectivity index (χ4v) is 4.85. The topological polar surface area (TPSA) is 40.5 Å². The van der Waals surface area contributed by atoms with E-state index < -0.39 is 0 Å². The summed E-state index contributed by atoms with van der Waals surface area (Å²) in [5.41, 5.74) is 7.34. The second kappa shape index (κ2) is 7.58. The van der Waals surface area contributed by atoms with Gasteiger partial charge in [0.05, 0.1) is 0 Å². The van der Waals surface area contributed by atoms with Gasteiger partial charge in [-0.05, 0) is 77.0 Å². The molecule has 3 heteroatoms. The van der Waals surface area contributed by atoms with Crippen LogP contribution in [0.5, 0.6) is 0 Å². The molecule has 27 heavy (non-hydrogen) atoms. The van der Waals surface area contributed by atoms with Gasteiger partial charge in [0.2, 0.25) is 0 Å². The molecule has 0 saturated carbocycles. The Kier molecular flexibility index (Phi) is 5.72. The number of halogens is 1. The van der Waals surface area contributed by atoms with Crippen molar-refractivity contribution in [3.05, 3.63) is 68.7 Å². The Balaban J connectivity index is 2.22. The van der Waals surface area contributed by atoms with Crippen molar-refractivity contribution < 1.29 is 10.2 Å². The molecule has 0 aromatic heterocycles. The minimum absolute atomic E-state index is 0.0169. The SMILES string of the molecule is Cc1cc2c(cc1Cl)C(c1ccc(C)c(C(C)(C)C)c1)[C@H](CO)[C@@H](CO)C2. The average Bonchev–Trinajstić information content (AvgIpc) is 2.61. The molecular weight excluding hydrogens is 356 g/mol. The lowest BCUT2D eigenvalue weighted by Gasteiger charge is -2.39. The summed E-state index contributed by atoms with van der Waals surface area (Å²) in [5, 5.41) is 21.0. The van der Waals surface area contributed by atoms with E-state index in [1.807, 2.05) is 6.92 Å². The van der Waals surface area contributed by atoms with Crippen molar-refractivity contribution >= 4 is 11.6 Å². The van der Waals surface area contributed by atoms with E-state index in [1.54, 1.807) is 0 Å². The van der Waals surface area contributed by atoms with Gasteiger partial charge in [0.15, 0.2) is 0 Å². The van der Waals surface area contributed by atoms with E-state index >= 15 is 0 Å². The van der Waals surface area contributed by atoms with Crippen molar-refractivity contribution in [2.24, 2.45) is 11.8 Å². The summed E-state index contributed by atoms with van der Waals surface area (Å²) < 4.78 is 0. The highest BCUT2D eigenvalue weighted by Gasteiger charge is 2.37. The zero-order valence-electron chi connectivity index (χ0n) is 17.0. The molecule has 0 spiro atoms. The molecule has 2 N–H and O–H groups in total. The van der Waals surface area contributed by atoms with Crippen molar-refractivity contribution in [1.82, 2.24) is 0 Å². The number of hydrogen-bond donors (Lipinski definition) is 2. The molecule has 1 unspecified atom stereocenters. The van der Waals surface area contributed by atoms with Gasteiger partial charge in [-0.25, -0.2) is 0 Å². The van der Waals surface area contributed by atoms with E-state index in [-0.39, 0.29) is 36.4 Å². The largest absolute Gasteiger partial charge is 0.396 e. The molecular formula is C24H31ClO2. The number of aryl methyl sites for hydroxylation is 2. The highest BCUT2D eigenvalue weighted by molar-refractivity contribution is 6.31. The highest BCUT2D eigenvalue weighted by Crippen LogP contribution is 2.45. The Morgan fingerprint density at radius 3 is 2.30 bits per heavy atom. The average molecular weight is 387 g/mol. The molecule has 2 aromatic carbocycles. The molecule has 0 fully saturated rings. The van der Waals surface area contributed by atoms with Crippen LogP contribution in [0, 0.1) is 25.7 Å². The molecule has 0 aliphatic heterocycles. The number of rotatable bonds is 3. The Labute approximate surface area is 168 Å². The quantitative estimate of drug-likeness (QED) is 0.764. The van der Waals surface area contributed by atoms with Gasteiger partial charge in [0, 0.05) is 24.2 Å². The summed E-state index contributed by atoms with van der Waals surface area (Å²) in [6, 6.07) is 10.9. The maximum absolute atomic E-state index is 10.2. The third-order valence-electron chi connectivity index (χ3n) is 6.15. The lowest BCUT2D eigenvalue weighted by molar-refractivity contribution is 0.101.